The van der Waals surface area contributed by atoms with E-state index >= 15 is 0 Å². The summed E-state index contributed by atoms with van der Waals surface area (Å²) < 4.78 is 5.40. The summed E-state index contributed by atoms with van der Waals surface area (Å²) in [6.07, 6.45) is 0.575. The molecule has 104 valence electrons. The zero-order chi connectivity index (χ0) is 14.2. The SMILES string of the molecule is CCc1ccc2c(c1)SC(N)N2C(=O)OC(C)(C)C. The van der Waals surface area contributed by atoms with Crippen LogP contribution >= 0.6 is 11.8 Å². The lowest BCUT2D eigenvalue weighted by molar-refractivity contribution is 0.0578. The Morgan fingerprint density at radius 2 is 2.16 bits per heavy atom. The largest absolute Gasteiger partial charge is 0.443 e. The van der Waals surface area contributed by atoms with Crippen LogP contribution in [0.3, 0.4) is 0 Å². The molecule has 0 aliphatic carbocycles. The van der Waals surface area contributed by atoms with Gasteiger partial charge in [-0.2, -0.15) is 0 Å². The maximum absolute atomic E-state index is 12.2. The van der Waals surface area contributed by atoms with Gasteiger partial charge in [-0.1, -0.05) is 24.8 Å². The van der Waals surface area contributed by atoms with Gasteiger partial charge in [0.2, 0.25) is 0 Å². The molecule has 1 unspecified atom stereocenters. The molecule has 1 aromatic rings. The van der Waals surface area contributed by atoms with Gasteiger partial charge in [0.1, 0.15) is 11.1 Å². The Hall–Kier alpha value is -1.20. The highest BCUT2D eigenvalue weighted by atomic mass is 32.2. The van der Waals surface area contributed by atoms with E-state index in [1.165, 1.54) is 22.2 Å². The van der Waals surface area contributed by atoms with Gasteiger partial charge in [0.15, 0.2) is 0 Å². The van der Waals surface area contributed by atoms with Crippen molar-refractivity contribution in [3.05, 3.63) is 23.8 Å². The van der Waals surface area contributed by atoms with Crippen LogP contribution in [0.5, 0.6) is 0 Å². The number of carbonyl (C=O) groups is 1. The molecule has 0 aromatic heterocycles. The van der Waals surface area contributed by atoms with Crippen molar-refractivity contribution in [1.29, 1.82) is 0 Å². The number of hydrogen-bond acceptors (Lipinski definition) is 4. The van der Waals surface area contributed by atoms with Gasteiger partial charge in [-0.25, -0.2) is 4.79 Å². The van der Waals surface area contributed by atoms with E-state index < -0.39 is 17.2 Å². The highest BCUT2D eigenvalue weighted by Crippen LogP contribution is 2.42. The normalized spacial score (nSPS) is 18.4. The molecule has 2 rings (SSSR count). The standard InChI is InChI=1S/C14H20N2O2S/c1-5-9-6-7-10-11(8-9)19-12(15)16(10)13(17)18-14(2,3)4/h6-8,12H,5,15H2,1-4H3. The Morgan fingerprint density at radius 3 is 2.74 bits per heavy atom. The molecule has 1 aromatic carbocycles. The van der Waals surface area contributed by atoms with Crippen molar-refractivity contribution in [2.75, 3.05) is 4.90 Å². The second-order valence-electron chi connectivity index (χ2n) is 5.51. The molecule has 5 heteroatoms. The monoisotopic (exact) mass is 280 g/mol. The van der Waals surface area contributed by atoms with Crippen molar-refractivity contribution in [2.24, 2.45) is 5.73 Å². The molecule has 0 bridgehead atoms. The van der Waals surface area contributed by atoms with Gasteiger partial charge in [-0.3, -0.25) is 4.90 Å². The fourth-order valence-electron chi connectivity index (χ4n) is 1.91. The number of ether oxygens (including phenoxy) is 1. The molecule has 0 spiro atoms. The van der Waals surface area contributed by atoms with Crippen LogP contribution < -0.4 is 10.6 Å². The summed E-state index contributed by atoms with van der Waals surface area (Å²) in [5.41, 5.74) is 7.17. The van der Waals surface area contributed by atoms with E-state index in [0.717, 1.165) is 17.0 Å². The average Bonchev–Trinajstić information content (AvgIpc) is 2.61. The molecular weight excluding hydrogens is 260 g/mol. The number of fused-ring (bicyclic) bond motifs is 1. The Labute approximate surface area is 118 Å². The topological polar surface area (TPSA) is 55.6 Å². The smallest absolute Gasteiger partial charge is 0.416 e. The van der Waals surface area contributed by atoms with Crippen molar-refractivity contribution in [3.63, 3.8) is 0 Å². The summed E-state index contributed by atoms with van der Waals surface area (Å²) >= 11 is 1.49. The summed E-state index contributed by atoms with van der Waals surface area (Å²) in [6.45, 7) is 7.65. The van der Waals surface area contributed by atoms with Crippen LogP contribution in [-0.4, -0.2) is 17.2 Å². The third-order valence-electron chi connectivity index (χ3n) is 2.78. The summed E-state index contributed by atoms with van der Waals surface area (Å²) in [5, 5.41) is 0. The molecule has 1 atom stereocenters. The van der Waals surface area contributed by atoms with Crippen molar-refractivity contribution in [1.82, 2.24) is 0 Å². The Kier molecular flexibility index (Phi) is 3.78. The zero-order valence-electron chi connectivity index (χ0n) is 11.8. The Balaban J connectivity index is 2.27. The lowest BCUT2D eigenvalue weighted by Gasteiger charge is -2.26. The van der Waals surface area contributed by atoms with Crippen molar-refractivity contribution in [2.45, 2.75) is 50.1 Å². The number of thioether (sulfide) groups is 1. The summed E-state index contributed by atoms with van der Waals surface area (Å²) in [6, 6.07) is 6.05. The van der Waals surface area contributed by atoms with E-state index in [1.807, 2.05) is 32.9 Å². The first-order valence-electron chi connectivity index (χ1n) is 6.39. The number of rotatable bonds is 1. The summed E-state index contributed by atoms with van der Waals surface area (Å²) in [5.74, 6) is 0. The number of nitrogens with zero attached hydrogens (tertiary/aromatic N) is 1. The fraction of sp³-hybridized carbons (Fsp3) is 0.500. The van der Waals surface area contributed by atoms with Crippen molar-refractivity contribution in [3.8, 4) is 0 Å². The number of nitrogens with two attached hydrogens (primary N) is 1. The molecule has 0 radical (unpaired) electrons. The molecular formula is C14H20N2O2S. The number of carbonyl (C=O) groups excluding carboxylic acids is 1. The summed E-state index contributed by atoms with van der Waals surface area (Å²) in [4.78, 5) is 14.8. The first-order chi connectivity index (χ1) is 8.81. The minimum absolute atomic E-state index is 0.393. The molecule has 0 fully saturated rings. The van der Waals surface area contributed by atoms with Crippen LogP contribution in [0, 0.1) is 0 Å². The van der Waals surface area contributed by atoms with E-state index in [0.29, 0.717) is 0 Å². The van der Waals surface area contributed by atoms with Crippen LogP contribution in [0.4, 0.5) is 10.5 Å². The molecule has 0 saturated carbocycles. The maximum Gasteiger partial charge on any atom is 0.416 e. The quantitative estimate of drug-likeness (QED) is 0.857. The number of amides is 1. The fourth-order valence-corrected chi connectivity index (χ4v) is 2.98. The van der Waals surface area contributed by atoms with Crippen molar-refractivity contribution < 1.29 is 9.53 Å². The molecule has 4 nitrogen and oxygen atoms in total. The van der Waals surface area contributed by atoms with Gasteiger partial charge >= 0.3 is 6.09 Å². The molecule has 2 N–H and O–H groups in total. The lowest BCUT2D eigenvalue weighted by Crippen LogP contribution is -2.44. The first kappa shape index (κ1) is 14.2. The van der Waals surface area contributed by atoms with Crippen molar-refractivity contribution >= 4 is 23.5 Å². The number of hydrogen-bond donors (Lipinski definition) is 1. The van der Waals surface area contributed by atoms with E-state index in [2.05, 4.69) is 13.0 Å². The molecule has 1 aliphatic rings. The highest BCUT2D eigenvalue weighted by Gasteiger charge is 2.35. The third-order valence-corrected chi connectivity index (χ3v) is 3.82. The number of anilines is 1. The third kappa shape index (κ3) is 3.04. The van der Waals surface area contributed by atoms with Gasteiger partial charge < -0.3 is 10.5 Å². The molecule has 0 saturated heterocycles. The first-order valence-corrected chi connectivity index (χ1v) is 7.27. The average molecular weight is 280 g/mol. The van der Waals surface area contributed by atoms with E-state index in [1.54, 1.807) is 0 Å². The van der Waals surface area contributed by atoms with Crippen LogP contribution in [-0.2, 0) is 11.2 Å². The van der Waals surface area contributed by atoms with Gasteiger partial charge in [0.05, 0.1) is 5.69 Å². The molecule has 1 aliphatic heterocycles. The predicted molar refractivity (Wildman–Crippen MR) is 78.4 cm³/mol. The second-order valence-corrected chi connectivity index (χ2v) is 6.67. The predicted octanol–water partition coefficient (Wildman–Crippen LogP) is 3.34. The maximum atomic E-state index is 12.2. The second kappa shape index (κ2) is 5.06. The van der Waals surface area contributed by atoms with E-state index in [9.17, 15) is 4.79 Å². The zero-order valence-corrected chi connectivity index (χ0v) is 12.6. The van der Waals surface area contributed by atoms with Crippen LogP contribution in [0.15, 0.2) is 23.1 Å². The number of aryl methyl sites for hydroxylation is 1. The minimum atomic E-state index is -0.520. The van der Waals surface area contributed by atoms with Crippen LogP contribution in [0.2, 0.25) is 0 Å². The van der Waals surface area contributed by atoms with Crippen LogP contribution in [0.25, 0.3) is 0 Å². The molecule has 19 heavy (non-hydrogen) atoms. The Bertz CT molecular complexity index is 497. The lowest BCUT2D eigenvalue weighted by atomic mass is 10.1. The molecule has 1 heterocycles. The van der Waals surface area contributed by atoms with Gasteiger partial charge in [0.25, 0.3) is 0 Å². The van der Waals surface area contributed by atoms with Gasteiger partial charge in [-0.05, 0) is 44.9 Å². The summed E-state index contributed by atoms with van der Waals surface area (Å²) in [7, 11) is 0. The van der Waals surface area contributed by atoms with Gasteiger partial charge in [-0.15, -0.1) is 0 Å². The number of benzene rings is 1. The van der Waals surface area contributed by atoms with Gasteiger partial charge in [0, 0.05) is 4.90 Å². The van der Waals surface area contributed by atoms with Crippen LogP contribution in [0.1, 0.15) is 33.3 Å². The molecule has 1 amide bonds. The Morgan fingerprint density at radius 1 is 1.47 bits per heavy atom. The van der Waals surface area contributed by atoms with E-state index in [-0.39, 0.29) is 0 Å². The highest BCUT2D eigenvalue weighted by molar-refractivity contribution is 8.00. The van der Waals surface area contributed by atoms with E-state index in [4.69, 9.17) is 10.5 Å². The minimum Gasteiger partial charge on any atom is -0.443 e.